The lowest BCUT2D eigenvalue weighted by molar-refractivity contribution is 0.00578. The first-order valence-corrected chi connectivity index (χ1v) is 7.95. The molecule has 4 nitrogen and oxygen atoms in total. The van der Waals surface area contributed by atoms with Crippen LogP contribution in [0.2, 0.25) is 0 Å². The predicted octanol–water partition coefficient (Wildman–Crippen LogP) is 3.12. The molecule has 1 saturated heterocycles. The minimum absolute atomic E-state index is 0.282. The van der Waals surface area contributed by atoms with Gasteiger partial charge in [0.1, 0.15) is 10.8 Å². The summed E-state index contributed by atoms with van der Waals surface area (Å²) < 4.78 is 38.6. The van der Waals surface area contributed by atoms with Crippen LogP contribution in [-0.4, -0.2) is 30.3 Å². The third-order valence-corrected chi connectivity index (χ3v) is 5.13. The van der Waals surface area contributed by atoms with E-state index in [9.17, 15) is 0 Å². The van der Waals surface area contributed by atoms with Crippen LogP contribution >= 0.6 is 11.3 Å². The number of methoxy groups -OCH3 is 1. The summed E-state index contributed by atoms with van der Waals surface area (Å²) in [6.45, 7) is 7.98. The lowest BCUT2D eigenvalue weighted by atomic mass is 9.86. The van der Waals surface area contributed by atoms with Gasteiger partial charge in [-0.15, -0.1) is 11.3 Å². The van der Waals surface area contributed by atoms with Crippen molar-refractivity contribution < 1.29 is 18.2 Å². The van der Waals surface area contributed by atoms with Gasteiger partial charge in [0.15, 0.2) is 0 Å². The molecule has 0 saturated carbocycles. The molecular formula is C16H20BNO3S. The number of rotatable bonds is 3. The molecule has 0 atom stereocenters. The van der Waals surface area contributed by atoms with Crippen molar-refractivity contribution >= 4 is 24.0 Å². The first-order valence-electron chi connectivity index (χ1n) is 8.57. The Bertz CT molecular complexity index is 760. The van der Waals surface area contributed by atoms with Crippen molar-refractivity contribution in [2.45, 2.75) is 38.9 Å². The molecule has 1 aromatic carbocycles. The van der Waals surface area contributed by atoms with Gasteiger partial charge in [-0.2, -0.15) is 0 Å². The number of hydrogen-bond donors (Lipinski definition) is 0. The first-order chi connectivity index (χ1) is 11.5. The Labute approximate surface area is 139 Å². The van der Waals surface area contributed by atoms with Crippen LogP contribution < -0.4 is 10.3 Å². The van der Waals surface area contributed by atoms with E-state index in [-0.39, 0.29) is 5.75 Å². The highest BCUT2D eigenvalue weighted by atomic mass is 32.1. The highest BCUT2D eigenvalue weighted by Gasteiger charge is 2.52. The molecule has 3 rings (SSSR count). The molecule has 0 unspecified atom stereocenters. The quantitative estimate of drug-likeness (QED) is 0.815. The second kappa shape index (κ2) is 5.37. The number of nitrogens with zero attached hydrogens (tertiary/aromatic N) is 1. The molecule has 0 aliphatic carbocycles. The van der Waals surface area contributed by atoms with Crippen LogP contribution in [0.1, 0.15) is 31.8 Å². The minimum Gasteiger partial charge on any atom is -0.497 e. The summed E-state index contributed by atoms with van der Waals surface area (Å²) in [5, 5.41) is 2.65. The maximum Gasteiger partial charge on any atom is 0.515 e. The van der Waals surface area contributed by atoms with Crippen molar-refractivity contribution in [2.75, 3.05) is 7.04 Å². The summed E-state index contributed by atoms with van der Waals surface area (Å²) >= 11 is 1.45. The summed E-state index contributed by atoms with van der Waals surface area (Å²) in [7, 11) is -2.99. The molecule has 116 valence electrons. The van der Waals surface area contributed by atoms with Gasteiger partial charge in [0.2, 0.25) is 0 Å². The average Bonchev–Trinajstić information content (AvgIpc) is 3.01. The van der Waals surface area contributed by atoms with E-state index in [4.69, 9.17) is 18.2 Å². The molecule has 6 heteroatoms. The fraction of sp³-hybridized carbons (Fsp3) is 0.438. The lowest BCUT2D eigenvalue weighted by Crippen LogP contribution is -2.41. The Morgan fingerprint density at radius 3 is 2.64 bits per heavy atom. The van der Waals surface area contributed by atoms with E-state index < -0.39 is 25.4 Å². The van der Waals surface area contributed by atoms with Gasteiger partial charge in [0, 0.05) is 10.9 Å². The molecule has 2 aromatic rings. The van der Waals surface area contributed by atoms with Crippen molar-refractivity contribution in [1.82, 2.24) is 4.98 Å². The van der Waals surface area contributed by atoms with Gasteiger partial charge >= 0.3 is 7.12 Å². The zero-order valence-electron chi connectivity index (χ0n) is 16.0. The second-order valence-corrected chi connectivity index (χ2v) is 7.15. The van der Waals surface area contributed by atoms with Gasteiger partial charge < -0.3 is 14.0 Å². The molecule has 1 fully saturated rings. The molecule has 0 bridgehead atoms. The molecule has 1 aliphatic heterocycles. The second-order valence-electron chi connectivity index (χ2n) is 6.30. The molecule has 22 heavy (non-hydrogen) atoms. The van der Waals surface area contributed by atoms with Crippen LogP contribution in [-0.2, 0) is 9.31 Å². The first kappa shape index (κ1) is 12.1. The van der Waals surface area contributed by atoms with Crippen molar-refractivity contribution in [3.05, 3.63) is 29.6 Å². The smallest absolute Gasteiger partial charge is 0.497 e. The number of hydrogen-bond acceptors (Lipinski definition) is 5. The van der Waals surface area contributed by atoms with E-state index in [1.165, 1.54) is 11.3 Å². The van der Waals surface area contributed by atoms with E-state index in [0.717, 1.165) is 10.6 Å². The monoisotopic (exact) mass is 320 g/mol. The zero-order valence-corrected chi connectivity index (χ0v) is 13.9. The lowest BCUT2D eigenvalue weighted by Gasteiger charge is -2.32. The standard InChI is InChI=1S/C16H20BNO3S/c1-15(2)16(3,4)21-17(20-15)13-10-22-14(18-13)11-7-6-8-12(9-11)19-5/h6-10H,1-5H3/i5D3. The molecular weight excluding hydrogens is 297 g/mol. The largest absolute Gasteiger partial charge is 0.515 e. The molecule has 0 N–H and O–H groups in total. The summed E-state index contributed by atoms with van der Waals surface area (Å²) in [6, 6.07) is 6.88. The van der Waals surface area contributed by atoms with Crippen LogP contribution in [0.25, 0.3) is 10.6 Å². The topological polar surface area (TPSA) is 40.6 Å². The number of benzene rings is 1. The molecule has 2 heterocycles. The molecule has 0 spiro atoms. The van der Waals surface area contributed by atoms with Gasteiger partial charge in [0.25, 0.3) is 0 Å². The van der Waals surface area contributed by atoms with E-state index in [2.05, 4.69) is 4.98 Å². The van der Waals surface area contributed by atoms with E-state index >= 15 is 0 Å². The van der Waals surface area contributed by atoms with Gasteiger partial charge in [-0.25, -0.2) is 4.98 Å². The van der Waals surface area contributed by atoms with Gasteiger partial charge in [-0.3, -0.25) is 0 Å². The Hall–Kier alpha value is -1.37. The molecule has 0 radical (unpaired) electrons. The van der Waals surface area contributed by atoms with Crippen LogP contribution in [0.5, 0.6) is 5.75 Å². The van der Waals surface area contributed by atoms with Crippen LogP contribution in [0.15, 0.2) is 29.6 Å². The van der Waals surface area contributed by atoms with E-state index in [0.29, 0.717) is 5.59 Å². The average molecular weight is 320 g/mol. The SMILES string of the molecule is [2H]C([2H])([2H])Oc1cccc(-c2nc(B3OC(C)(C)C(C)(C)O3)cs2)c1. The van der Waals surface area contributed by atoms with Gasteiger partial charge in [0.05, 0.1) is 27.9 Å². The van der Waals surface area contributed by atoms with Gasteiger partial charge in [-0.05, 0) is 39.8 Å². The van der Waals surface area contributed by atoms with Crippen molar-refractivity contribution in [1.29, 1.82) is 0 Å². The molecule has 0 amide bonds. The summed E-state index contributed by atoms with van der Waals surface area (Å²) in [4.78, 5) is 4.60. The Balaban J connectivity index is 1.82. The molecule has 1 aromatic heterocycles. The zero-order chi connectivity index (χ0) is 18.5. The fourth-order valence-corrected chi connectivity index (χ4v) is 3.00. The van der Waals surface area contributed by atoms with E-state index in [1.807, 2.05) is 39.1 Å². The Morgan fingerprint density at radius 2 is 1.95 bits per heavy atom. The Morgan fingerprint density at radius 1 is 1.23 bits per heavy atom. The minimum atomic E-state index is -2.48. The third-order valence-electron chi connectivity index (χ3n) is 4.22. The fourth-order valence-electron chi connectivity index (χ4n) is 2.18. The summed E-state index contributed by atoms with van der Waals surface area (Å²) in [5.74, 6) is 0.282. The predicted molar refractivity (Wildman–Crippen MR) is 89.8 cm³/mol. The Kier molecular flexibility index (Phi) is 2.95. The third kappa shape index (κ3) is 2.66. The van der Waals surface area contributed by atoms with Crippen molar-refractivity contribution in [3.63, 3.8) is 0 Å². The van der Waals surface area contributed by atoms with Crippen LogP contribution in [0.4, 0.5) is 0 Å². The van der Waals surface area contributed by atoms with Gasteiger partial charge in [-0.1, -0.05) is 12.1 Å². The summed E-state index contributed by atoms with van der Waals surface area (Å²) in [6.07, 6.45) is 0. The number of ether oxygens (including phenoxy) is 1. The summed E-state index contributed by atoms with van der Waals surface area (Å²) in [5.41, 5.74) is 0.652. The normalized spacial score (nSPS) is 22.0. The number of aromatic nitrogens is 1. The van der Waals surface area contributed by atoms with Crippen LogP contribution in [0, 0.1) is 0 Å². The van der Waals surface area contributed by atoms with Crippen LogP contribution in [0.3, 0.4) is 0 Å². The highest BCUT2D eigenvalue weighted by molar-refractivity contribution is 7.14. The van der Waals surface area contributed by atoms with Crippen molar-refractivity contribution in [3.8, 4) is 16.3 Å². The maximum atomic E-state index is 7.20. The number of thiazole rings is 1. The van der Waals surface area contributed by atoms with E-state index in [1.54, 1.807) is 18.2 Å². The highest BCUT2D eigenvalue weighted by Crippen LogP contribution is 2.36. The maximum absolute atomic E-state index is 7.20. The van der Waals surface area contributed by atoms with Crippen molar-refractivity contribution in [2.24, 2.45) is 0 Å². The molecule has 1 aliphatic rings.